The number of halogens is 2. The molecule has 1 atom stereocenters. The topological polar surface area (TPSA) is 82.1 Å². The Bertz CT molecular complexity index is 1150. The van der Waals surface area contributed by atoms with Crippen LogP contribution in [-0.2, 0) is 9.59 Å². The molecule has 10 heteroatoms. The van der Waals surface area contributed by atoms with Gasteiger partial charge in [-0.3, -0.25) is 14.4 Å². The van der Waals surface area contributed by atoms with Crippen molar-refractivity contribution in [2.75, 3.05) is 30.4 Å². The van der Waals surface area contributed by atoms with E-state index in [1.165, 1.54) is 42.3 Å². The lowest BCUT2D eigenvalue weighted by atomic mass is 10.1. The lowest BCUT2D eigenvalue weighted by molar-refractivity contribution is -0.121. The average molecular weight is 487 g/mol. The third-order valence-corrected chi connectivity index (χ3v) is 6.93. The Hall–Kier alpha value is -3.27. The molecule has 2 aromatic carbocycles. The fourth-order valence-corrected chi connectivity index (χ4v) is 4.96. The van der Waals surface area contributed by atoms with Crippen LogP contribution < -0.4 is 10.2 Å². The SMILES string of the molecule is CN(C(=O)c1cccc(NC(=O)CC2SC(N3CCCCC3)=NC2=O)c1)c1ccc(F)c(F)c1. The molecule has 0 saturated carbocycles. The van der Waals surface area contributed by atoms with Crippen LogP contribution >= 0.6 is 11.8 Å². The fraction of sp³-hybridized carbons (Fsp3) is 0.333. The molecule has 1 unspecified atom stereocenters. The third kappa shape index (κ3) is 5.44. The van der Waals surface area contributed by atoms with Crippen LogP contribution in [0.3, 0.4) is 0 Å². The van der Waals surface area contributed by atoms with Crippen molar-refractivity contribution in [3.05, 3.63) is 59.7 Å². The number of anilines is 2. The largest absolute Gasteiger partial charge is 0.351 e. The van der Waals surface area contributed by atoms with Gasteiger partial charge in [0.1, 0.15) is 5.25 Å². The number of aliphatic imine (C=N–C) groups is 1. The number of carbonyl (C=O) groups is 3. The summed E-state index contributed by atoms with van der Waals surface area (Å²) in [5.41, 5.74) is 0.842. The maximum atomic E-state index is 13.5. The molecule has 2 aliphatic rings. The van der Waals surface area contributed by atoms with Gasteiger partial charge in [0.15, 0.2) is 16.8 Å². The summed E-state index contributed by atoms with van der Waals surface area (Å²) in [5.74, 6) is -3.17. The minimum Gasteiger partial charge on any atom is -0.351 e. The zero-order chi connectivity index (χ0) is 24.2. The number of likely N-dealkylation sites (tertiary alicyclic amines) is 1. The highest BCUT2D eigenvalue weighted by Crippen LogP contribution is 2.29. The maximum absolute atomic E-state index is 13.5. The lowest BCUT2D eigenvalue weighted by Gasteiger charge is -2.27. The van der Waals surface area contributed by atoms with Gasteiger partial charge in [0.05, 0.1) is 0 Å². The van der Waals surface area contributed by atoms with Crippen molar-refractivity contribution in [1.82, 2.24) is 4.90 Å². The van der Waals surface area contributed by atoms with Crippen LogP contribution in [0.2, 0.25) is 0 Å². The van der Waals surface area contributed by atoms with Crippen molar-refractivity contribution in [2.24, 2.45) is 4.99 Å². The molecule has 2 heterocycles. The number of thioether (sulfide) groups is 1. The Morgan fingerprint density at radius 1 is 1.12 bits per heavy atom. The van der Waals surface area contributed by atoms with Crippen LogP contribution in [0.15, 0.2) is 47.5 Å². The van der Waals surface area contributed by atoms with E-state index in [2.05, 4.69) is 15.2 Å². The van der Waals surface area contributed by atoms with Crippen molar-refractivity contribution in [3.8, 4) is 0 Å². The molecule has 0 bridgehead atoms. The van der Waals surface area contributed by atoms with Gasteiger partial charge in [-0.1, -0.05) is 17.8 Å². The molecule has 0 aromatic heterocycles. The molecule has 7 nitrogen and oxygen atoms in total. The Morgan fingerprint density at radius 2 is 1.88 bits per heavy atom. The highest BCUT2D eigenvalue weighted by Gasteiger charge is 2.33. The van der Waals surface area contributed by atoms with Crippen LogP contribution in [0, 0.1) is 11.6 Å². The van der Waals surface area contributed by atoms with Crippen LogP contribution in [0.5, 0.6) is 0 Å². The Kier molecular flexibility index (Phi) is 7.26. The van der Waals surface area contributed by atoms with Gasteiger partial charge in [-0.05, 0) is 49.6 Å². The van der Waals surface area contributed by atoms with Gasteiger partial charge in [-0.25, -0.2) is 8.78 Å². The summed E-state index contributed by atoms with van der Waals surface area (Å²) < 4.78 is 26.7. The predicted octanol–water partition coefficient (Wildman–Crippen LogP) is 4.05. The highest BCUT2D eigenvalue weighted by atomic mass is 32.2. The summed E-state index contributed by atoms with van der Waals surface area (Å²) >= 11 is 1.32. The number of nitrogens with one attached hydrogen (secondary N) is 1. The fourth-order valence-electron chi connectivity index (χ4n) is 3.84. The van der Waals surface area contributed by atoms with E-state index in [4.69, 9.17) is 0 Å². The molecule has 1 saturated heterocycles. The van der Waals surface area contributed by atoms with Gasteiger partial charge < -0.3 is 15.1 Å². The zero-order valence-electron chi connectivity index (χ0n) is 18.6. The minimum absolute atomic E-state index is 0.0305. The van der Waals surface area contributed by atoms with Gasteiger partial charge >= 0.3 is 0 Å². The second kappa shape index (κ2) is 10.3. The molecule has 2 aliphatic heterocycles. The smallest absolute Gasteiger partial charge is 0.262 e. The van der Waals surface area contributed by atoms with E-state index in [9.17, 15) is 23.2 Å². The number of hydrogen-bond acceptors (Lipinski definition) is 5. The molecule has 0 radical (unpaired) electrons. The second-order valence-corrected chi connectivity index (χ2v) is 9.35. The van der Waals surface area contributed by atoms with Gasteiger partial charge in [0, 0.05) is 49.6 Å². The second-order valence-electron chi connectivity index (χ2n) is 8.18. The van der Waals surface area contributed by atoms with Crippen LogP contribution in [-0.4, -0.2) is 53.2 Å². The van der Waals surface area contributed by atoms with E-state index in [0.717, 1.165) is 38.1 Å². The molecule has 0 aliphatic carbocycles. The summed E-state index contributed by atoms with van der Waals surface area (Å²) in [6.45, 7) is 1.75. The molecular formula is C24H24F2N4O3S. The Labute approximate surface area is 200 Å². The number of piperidine rings is 1. The van der Waals surface area contributed by atoms with Gasteiger partial charge in [-0.2, -0.15) is 4.99 Å². The first-order chi connectivity index (χ1) is 16.3. The van der Waals surface area contributed by atoms with E-state index in [0.29, 0.717) is 10.9 Å². The Morgan fingerprint density at radius 3 is 2.62 bits per heavy atom. The Balaban J connectivity index is 1.36. The maximum Gasteiger partial charge on any atom is 0.262 e. The predicted molar refractivity (Wildman–Crippen MR) is 128 cm³/mol. The van der Waals surface area contributed by atoms with E-state index < -0.39 is 22.8 Å². The number of carbonyl (C=O) groups excluding carboxylic acids is 3. The van der Waals surface area contributed by atoms with Crippen molar-refractivity contribution < 1.29 is 23.2 Å². The van der Waals surface area contributed by atoms with Crippen molar-refractivity contribution in [2.45, 2.75) is 30.9 Å². The van der Waals surface area contributed by atoms with Crippen LogP contribution in [0.1, 0.15) is 36.0 Å². The molecule has 1 N–H and O–H groups in total. The van der Waals surface area contributed by atoms with E-state index >= 15 is 0 Å². The van der Waals surface area contributed by atoms with E-state index in [1.54, 1.807) is 18.2 Å². The van der Waals surface area contributed by atoms with Crippen LogP contribution in [0.25, 0.3) is 0 Å². The van der Waals surface area contributed by atoms with Gasteiger partial charge in [0.2, 0.25) is 5.91 Å². The molecule has 2 aromatic rings. The molecular weight excluding hydrogens is 462 g/mol. The van der Waals surface area contributed by atoms with Crippen molar-refractivity contribution in [3.63, 3.8) is 0 Å². The normalized spacial score (nSPS) is 18.0. The highest BCUT2D eigenvalue weighted by molar-refractivity contribution is 8.15. The standard InChI is InChI=1S/C24H24F2N4O3S/c1-29(17-8-9-18(25)19(26)13-17)23(33)15-6-5-7-16(12-15)27-21(31)14-20-22(32)28-24(34-20)30-10-3-2-4-11-30/h5-9,12-13,20H,2-4,10-11,14H2,1H3,(H,27,31). The van der Waals surface area contributed by atoms with Gasteiger partial charge in [-0.15, -0.1) is 0 Å². The molecule has 0 spiro atoms. The molecule has 4 rings (SSSR count). The summed E-state index contributed by atoms with van der Waals surface area (Å²) in [7, 11) is 1.45. The number of amidine groups is 1. The summed E-state index contributed by atoms with van der Waals surface area (Å²) in [6.07, 6.45) is 3.28. The quantitative estimate of drug-likeness (QED) is 0.690. The van der Waals surface area contributed by atoms with Gasteiger partial charge in [0.25, 0.3) is 11.8 Å². The first-order valence-corrected chi connectivity index (χ1v) is 11.9. The summed E-state index contributed by atoms with van der Waals surface area (Å²) in [5, 5.41) is 2.85. The van der Waals surface area contributed by atoms with E-state index in [1.807, 2.05) is 0 Å². The van der Waals surface area contributed by atoms with E-state index in [-0.39, 0.29) is 29.5 Å². The molecule has 3 amide bonds. The average Bonchev–Trinajstić information content (AvgIpc) is 3.20. The lowest BCUT2D eigenvalue weighted by Crippen LogP contribution is -2.33. The molecule has 178 valence electrons. The zero-order valence-corrected chi connectivity index (χ0v) is 19.4. The number of amides is 3. The monoisotopic (exact) mass is 486 g/mol. The summed E-state index contributed by atoms with van der Waals surface area (Å²) in [4.78, 5) is 45.1. The number of rotatable bonds is 5. The molecule has 34 heavy (non-hydrogen) atoms. The minimum atomic E-state index is -1.05. The van der Waals surface area contributed by atoms with Crippen LogP contribution in [0.4, 0.5) is 20.2 Å². The van der Waals surface area contributed by atoms with Crippen molar-refractivity contribution >= 4 is 46.0 Å². The van der Waals surface area contributed by atoms with Crippen molar-refractivity contribution in [1.29, 1.82) is 0 Å². The first kappa shape index (κ1) is 23.9. The summed E-state index contributed by atoms with van der Waals surface area (Å²) in [6, 6.07) is 9.49. The molecule has 1 fully saturated rings. The number of nitrogens with zero attached hydrogens (tertiary/aromatic N) is 3. The third-order valence-electron chi connectivity index (χ3n) is 5.71. The first-order valence-electron chi connectivity index (χ1n) is 11.0. The number of benzene rings is 2. The number of hydrogen-bond donors (Lipinski definition) is 1.